The monoisotopic (exact) mass is 562 g/mol. The first-order valence-corrected chi connectivity index (χ1v) is 15.5. The highest BCUT2D eigenvalue weighted by Gasteiger charge is 2.49. The van der Waals surface area contributed by atoms with E-state index >= 15 is 0 Å². The lowest BCUT2D eigenvalue weighted by Gasteiger charge is -2.41. The smallest absolute Gasteiger partial charge is 0.268 e. The van der Waals surface area contributed by atoms with Crippen molar-refractivity contribution >= 4 is 17.5 Å². The maximum absolute atomic E-state index is 14.0. The Morgan fingerprint density at radius 1 is 1.10 bits per heavy atom. The SMILES string of the molecule is Cc1ccc(C(=O)N[C@H](C(=O)Nc2cccc(C3(C(O)NCC4(C)CCC4)CCOC3)c2)C(C2CC2)C2CC2)n1C. The zero-order valence-electron chi connectivity index (χ0n) is 24.7. The van der Waals surface area contributed by atoms with Crippen molar-refractivity contribution in [1.82, 2.24) is 15.2 Å². The van der Waals surface area contributed by atoms with Crippen LogP contribution in [0.1, 0.15) is 80.0 Å². The molecule has 1 aliphatic heterocycles. The number of hydrogen-bond acceptors (Lipinski definition) is 5. The molecule has 222 valence electrons. The molecule has 1 saturated heterocycles. The highest BCUT2D eigenvalue weighted by molar-refractivity contribution is 6.01. The maximum Gasteiger partial charge on any atom is 0.268 e. The van der Waals surface area contributed by atoms with E-state index in [0.29, 0.717) is 42.9 Å². The van der Waals surface area contributed by atoms with Crippen LogP contribution in [-0.4, -0.2) is 53.5 Å². The molecule has 2 heterocycles. The lowest BCUT2D eigenvalue weighted by molar-refractivity contribution is -0.119. The van der Waals surface area contributed by atoms with Crippen LogP contribution in [0.15, 0.2) is 36.4 Å². The average molecular weight is 563 g/mol. The number of amides is 2. The molecule has 41 heavy (non-hydrogen) atoms. The molecule has 3 saturated carbocycles. The van der Waals surface area contributed by atoms with Gasteiger partial charge in [0.25, 0.3) is 5.91 Å². The van der Waals surface area contributed by atoms with Crippen molar-refractivity contribution in [3.63, 3.8) is 0 Å². The van der Waals surface area contributed by atoms with Gasteiger partial charge in [0, 0.05) is 31.6 Å². The second-order valence-electron chi connectivity index (χ2n) is 13.6. The molecule has 2 amide bonds. The molecule has 3 aliphatic carbocycles. The van der Waals surface area contributed by atoms with Crippen molar-refractivity contribution in [2.75, 3.05) is 25.1 Å². The van der Waals surface area contributed by atoms with E-state index in [9.17, 15) is 14.7 Å². The van der Waals surface area contributed by atoms with Crippen LogP contribution in [0.4, 0.5) is 5.69 Å². The number of carbonyl (C=O) groups excluding carboxylic acids is 2. The summed E-state index contributed by atoms with van der Waals surface area (Å²) < 4.78 is 7.69. The van der Waals surface area contributed by atoms with E-state index < -0.39 is 17.7 Å². The second kappa shape index (κ2) is 11.2. The van der Waals surface area contributed by atoms with Crippen molar-refractivity contribution in [1.29, 1.82) is 0 Å². The Morgan fingerprint density at radius 3 is 2.39 bits per heavy atom. The number of benzene rings is 1. The number of aliphatic hydroxyl groups is 1. The Labute approximate surface area is 243 Å². The molecule has 3 atom stereocenters. The molecule has 1 aromatic heterocycles. The van der Waals surface area contributed by atoms with Gasteiger partial charge in [0.05, 0.1) is 12.0 Å². The summed E-state index contributed by atoms with van der Waals surface area (Å²) in [4.78, 5) is 27.3. The van der Waals surface area contributed by atoms with Gasteiger partial charge < -0.3 is 25.0 Å². The van der Waals surface area contributed by atoms with Gasteiger partial charge in [-0.1, -0.05) is 25.5 Å². The number of aromatic nitrogens is 1. The second-order valence-corrected chi connectivity index (χ2v) is 13.6. The largest absolute Gasteiger partial charge is 0.380 e. The number of nitrogens with one attached hydrogen (secondary N) is 3. The highest BCUT2D eigenvalue weighted by Crippen LogP contribution is 2.51. The topological polar surface area (TPSA) is 105 Å². The lowest BCUT2D eigenvalue weighted by Crippen LogP contribution is -2.52. The van der Waals surface area contributed by atoms with Crippen LogP contribution in [0.5, 0.6) is 0 Å². The zero-order valence-corrected chi connectivity index (χ0v) is 24.7. The number of rotatable bonds is 12. The van der Waals surface area contributed by atoms with Crippen LogP contribution < -0.4 is 16.0 Å². The van der Waals surface area contributed by atoms with Crippen LogP contribution in [0, 0.1) is 30.1 Å². The first-order chi connectivity index (χ1) is 19.7. The van der Waals surface area contributed by atoms with Gasteiger partial charge in [0.1, 0.15) is 18.0 Å². The summed E-state index contributed by atoms with van der Waals surface area (Å²) in [5.41, 5.74) is 2.85. The molecule has 8 heteroatoms. The minimum absolute atomic E-state index is 0.150. The van der Waals surface area contributed by atoms with E-state index in [1.165, 1.54) is 19.3 Å². The fraction of sp³-hybridized carbons (Fsp3) is 0.636. The molecule has 8 nitrogen and oxygen atoms in total. The van der Waals surface area contributed by atoms with Crippen LogP contribution in [0.3, 0.4) is 0 Å². The van der Waals surface area contributed by atoms with Gasteiger partial charge in [-0.25, -0.2) is 0 Å². The van der Waals surface area contributed by atoms with Gasteiger partial charge in [-0.2, -0.15) is 0 Å². The van der Waals surface area contributed by atoms with E-state index in [1.54, 1.807) is 0 Å². The van der Waals surface area contributed by atoms with Crippen molar-refractivity contribution in [2.45, 2.75) is 82.9 Å². The molecule has 0 spiro atoms. The van der Waals surface area contributed by atoms with Crippen LogP contribution in [0.25, 0.3) is 0 Å². The number of nitrogens with zero attached hydrogens (tertiary/aromatic N) is 1. The quantitative estimate of drug-likeness (QED) is 0.290. The summed E-state index contributed by atoms with van der Waals surface area (Å²) in [6.45, 7) is 6.03. The molecule has 4 aliphatic rings. The summed E-state index contributed by atoms with van der Waals surface area (Å²) in [5.74, 6) is 0.739. The molecular weight excluding hydrogens is 516 g/mol. The summed E-state index contributed by atoms with van der Waals surface area (Å²) in [6, 6.07) is 11.0. The van der Waals surface area contributed by atoms with E-state index in [-0.39, 0.29) is 23.1 Å². The normalized spacial score (nSPS) is 25.0. The summed E-state index contributed by atoms with van der Waals surface area (Å²) in [6.07, 6.45) is 8.04. The third kappa shape index (κ3) is 5.84. The van der Waals surface area contributed by atoms with Crippen molar-refractivity contribution < 1.29 is 19.4 Å². The van der Waals surface area contributed by atoms with Crippen molar-refractivity contribution in [3.05, 3.63) is 53.3 Å². The molecule has 1 aromatic carbocycles. The number of ether oxygens (including phenoxy) is 1. The Kier molecular flexibility index (Phi) is 7.76. The predicted molar refractivity (Wildman–Crippen MR) is 158 cm³/mol. The fourth-order valence-electron chi connectivity index (χ4n) is 7.09. The average Bonchev–Trinajstić information content (AvgIpc) is 3.88. The summed E-state index contributed by atoms with van der Waals surface area (Å²) in [7, 11) is 1.88. The minimum Gasteiger partial charge on any atom is -0.380 e. The first kappa shape index (κ1) is 28.4. The van der Waals surface area contributed by atoms with Gasteiger partial charge in [-0.05, 0) is 105 Å². The molecular formula is C33H46N4O4. The molecule has 6 rings (SSSR count). The standard InChI is InChI=1S/C33H46N4O4/c1-21-8-13-26(37(21)3)29(38)36-28(27(22-9-10-22)23-11-12-23)30(39)35-25-7-4-6-24(18-25)33(16-17-41-20-33)31(40)34-19-32(2)14-5-15-32/h4,6-8,13,18,22-23,27-28,31,34,40H,5,9-12,14-17,19-20H2,1-3H3,(H,35,39)(H,36,38)/t28-,31?,33?/m0/s1. The van der Waals surface area contributed by atoms with E-state index in [1.807, 2.05) is 54.9 Å². The lowest BCUT2D eigenvalue weighted by atomic mass is 9.70. The third-order valence-electron chi connectivity index (χ3n) is 10.5. The fourth-order valence-corrected chi connectivity index (χ4v) is 7.09. The Morgan fingerprint density at radius 2 is 1.83 bits per heavy atom. The number of anilines is 1. The minimum atomic E-state index is -0.747. The van der Waals surface area contributed by atoms with E-state index in [4.69, 9.17) is 4.74 Å². The Hall–Kier alpha value is -2.68. The molecule has 4 fully saturated rings. The Bertz CT molecular complexity index is 1260. The van der Waals surface area contributed by atoms with Gasteiger partial charge in [-0.3, -0.25) is 14.9 Å². The van der Waals surface area contributed by atoms with Crippen molar-refractivity contribution in [2.24, 2.45) is 30.2 Å². The van der Waals surface area contributed by atoms with Gasteiger partial charge >= 0.3 is 0 Å². The molecule has 2 aromatic rings. The molecule has 0 radical (unpaired) electrons. The van der Waals surface area contributed by atoms with Crippen LogP contribution >= 0.6 is 0 Å². The first-order valence-electron chi connectivity index (χ1n) is 15.5. The van der Waals surface area contributed by atoms with Gasteiger partial charge in [0.15, 0.2) is 0 Å². The third-order valence-corrected chi connectivity index (χ3v) is 10.5. The van der Waals surface area contributed by atoms with E-state index in [0.717, 1.165) is 43.5 Å². The predicted octanol–water partition coefficient (Wildman–Crippen LogP) is 4.26. The highest BCUT2D eigenvalue weighted by atomic mass is 16.5. The molecule has 0 bridgehead atoms. The van der Waals surface area contributed by atoms with Crippen LogP contribution in [0.2, 0.25) is 0 Å². The number of hydrogen-bond donors (Lipinski definition) is 4. The summed E-state index contributed by atoms with van der Waals surface area (Å²) in [5, 5.41) is 21.1. The number of carbonyl (C=O) groups is 2. The van der Waals surface area contributed by atoms with Crippen molar-refractivity contribution in [3.8, 4) is 0 Å². The number of aliphatic hydroxyl groups excluding tert-OH is 1. The van der Waals surface area contributed by atoms with Crippen LogP contribution in [-0.2, 0) is 22.0 Å². The Balaban J connectivity index is 1.21. The van der Waals surface area contributed by atoms with Gasteiger partial charge in [-0.15, -0.1) is 0 Å². The van der Waals surface area contributed by atoms with Gasteiger partial charge in [0.2, 0.25) is 5.91 Å². The molecule has 4 N–H and O–H groups in total. The summed E-state index contributed by atoms with van der Waals surface area (Å²) >= 11 is 0. The zero-order chi connectivity index (χ0) is 28.8. The number of aryl methyl sites for hydroxylation is 1. The maximum atomic E-state index is 14.0. The molecule has 2 unspecified atom stereocenters. The van der Waals surface area contributed by atoms with E-state index in [2.05, 4.69) is 22.9 Å².